The summed E-state index contributed by atoms with van der Waals surface area (Å²) in [5.74, 6) is -1.06. The van der Waals surface area contributed by atoms with E-state index >= 15 is 0 Å². The Kier molecular flexibility index (Phi) is 6.58. The first-order chi connectivity index (χ1) is 9.86. The zero-order valence-corrected chi connectivity index (χ0v) is 13.3. The molecule has 0 aliphatic carbocycles. The molecule has 0 saturated heterocycles. The monoisotopic (exact) mass is 314 g/mol. The number of carbonyl (C=O) groups excluding carboxylic acids is 2. The highest BCUT2D eigenvalue weighted by atomic mass is 35.5. The predicted octanol–water partition coefficient (Wildman–Crippen LogP) is 1.66. The van der Waals surface area contributed by atoms with Crippen LogP contribution in [0.1, 0.15) is 28.5 Å². The van der Waals surface area contributed by atoms with Crippen molar-refractivity contribution in [2.45, 2.75) is 26.9 Å². The summed E-state index contributed by atoms with van der Waals surface area (Å²) < 4.78 is 9.93. The van der Waals surface area contributed by atoms with Gasteiger partial charge in [-0.05, 0) is 32.4 Å². The molecule has 7 heteroatoms. The van der Waals surface area contributed by atoms with Gasteiger partial charge >= 0.3 is 5.97 Å². The highest BCUT2D eigenvalue weighted by Crippen LogP contribution is 2.20. The summed E-state index contributed by atoms with van der Waals surface area (Å²) in [5.41, 5.74) is 1.54. The lowest BCUT2D eigenvalue weighted by atomic mass is 10.1. The fraction of sp³-hybridized carbons (Fsp3) is 0.500. The smallest absolute Gasteiger partial charge is 0.342 e. The third-order valence-corrected chi connectivity index (χ3v) is 3.04. The summed E-state index contributed by atoms with van der Waals surface area (Å²) in [6.07, 6.45) is -0.925. The molecule has 116 valence electrons. The van der Waals surface area contributed by atoms with Gasteiger partial charge in [0.2, 0.25) is 0 Å². The summed E-state index contributed by atoms with van der Waals surface area (Å²) in [7, 11) is 1.53. The third-order valence-electron chi connectivity index (χ3n) is 2.76. The van der Waals surface area contributed by atoms with Gasteiger partial charge < -0.3 is 14.8 Å². The fourth-order valence-electron chi connectivity index (χ4n) is 1.73. The van der Waals surface area contributed by atoms with Crippen LogP contribution in [0.4, 0.5) is 0 Å². The molecule has 1 atom stereocenters. The molecule has 1 heterocycles. The molecule has 1 rings (SSSR count). The molecule has 0 bridgehead atoms. The van der Waals surface area contributed by atoms with Crippen LogP contribution in [0.5, 0.6) is 0 Å². The number of nitrogens with zero attached hydrogens (tertiary/aromatic N) is 1. The van der Waals surface area contributed by atoms with Gasteiger partial charge in [-0.25, -0.2) is 9.78 Å². The van der Waals surface area contributed by atoms with Crippen LogP contribution in [0.3, 0.4) is 0 Å². The highest BCUT2D eigenvalue weighted by molar-refractivity contribution is 6.32. The maximum absolute atomic E-state index is 12.1. The number of carbonyl (C=O) groups is 2. The van der Waals surface area contributed by atoms with Crippen LogP contribution in [-0.2, 0) is 14.3 Å². The van der Waals surface area contributed by atoms with Gasteiger partial charge in [0.05, 0.1) is 12.2 Å². The van der Waals surface area contributed by atoms with E-state index in [1.165, 1.54) is 14.0 Å². The normalized spacial score (nSPS) is 11.9. The van der Waals surface area contributed by atoms with Crippen molar-refractivity contribution in [3.05, 3.63) is 28.0 Å². The molecule has 1 aromatic rings. The Bertz CT molecular complexity index is 511. The minimum absolute atomic E-state index is 0.0736. The van der Waals surface area contributed by atoms with Crippen molar-refractivity contribution in [1.82, 2.24) is 10.3 Å². The van der Waals surface area contributed by atoms with Gasteiger partial charge in [0, 0.05) is 19.3 Å². The Labute approximate surface area is 128 Å². The number of hydrogen-bond acceptors (Lipinski definition) is 5. The number of halogens is 1. The number of hydrogen-bond donors (Lipinski definition) is 1. The largest absolute Gasteiger partial charge is 0.449 e. The van der Waals surface area contributed by atoms with Crippen LogP contribution in [0.15, 0.2) is 6.07 Å². The zero-order chi connectivity index (χ0) is 16.0. The minimum atomic E-state index is -0.925. The van der Waals surface area contributed by atoms with Gasteiger partial charge in [0.1, 0.15) is 5.15 Å². The van der Waals surface area contributed by atoms with Gasteiger partial charge in [-0.3, -0.25) is 4.79 Å². The lowest BCUT2D eigenvalue weighted by Gasteiger charge is -2.15. The Hall–Kier alpha value is -1.66. The second-order valence-corrected chi connectivity index (χ2v) is 4.94. The number of rotatable bonds is 6. The van der Waals surface area contributed by atoms with Crippen LogP contribution < -0.4 is 5.32 Å². The second-order valence-electron chi connectivity index (χ2n) is 4.58. The molecule has 1 N–H and O–H groups in total. The highest BCUT2D eigenvalue weighted by Gasteiger charge is 2.22. The van der Waals surface area contributed by atoms with E-state index in [4.69, 9.17) is 21.1 Å². The first-order valence-corrected chi connectivity index (χ1v) is 6.86. The van der Waals surface area contributed by atoms with E-state index in [9.17, 15) is 9.59 Å². The first kappa shape index (κ1) is 17.4. The summed E-state index contributed by atoms with van der Waals surface area (Å²) in [4.78, 5) is 27.8. The molecule has 0 fully saturated rings. The van der Waals surface area contributed by atoms with Crippen LogP contribution in [0, 0.1) is 13.8 Å². The van der Waals surface area contributed by atoms with Gasteiger partial charge in [-0.1, -0.05) is 11.6 Å². The summed E-state index contributed by atoms with van der Waals surface area (Å²) in [6.45, 7) is 5.74. The number of ether oxygens (including phenoxy) is 2. The lowest BCUT2D eigenvalue weighted by molar-refractivity contribution is -0.129. The molecule has 1 aromatic heterocycles. The first-order valence-electron chi connectivity index (χ1n) is 6.48. The zero-order valence-electron chi connectivity index (χ0n) is 12.5. The molecule has 21 heavy (non-hydrogen) atoms. The van der Waals surface area contributed by atoms with E-state index in [0.29, 0.717) is 24.4 Å². The average Bonchev–Trinajstić information content (AvgIpc) is 2.37. The maximum atomic E-state index is 12.1. The van der Waals surface area contributed by atoms with Crippen LogP contribution in [0.2, 0.25) is 5.15 Å². The number of pyridine rings is 1. The van der Waals surface area contributed by atoms with E-state index in [2.05, 4.69) is 10.3 Å². The number of amides is 1. The van der Waals surface area contributed by atoms with Crippen molar-refractivity contribution in [3.63, 3.8) is 0 Å². The number of esters is 1. The van der Waals surface area contributed by atoms with Gasteiger partial charge in [-0.2, -0.15) is 0 Å². The standard InChI is InChI=1S/C14H19ClN2O4/c1-8-7-9(2)17-12(15)11(8)14(19)21-10(3)13(18)16-5-6-20-4/h7,10H,5-6H2,1-4H3,(H,16,18)/t10-/m0/s1. The Balaban J connectivity index is 2.71. The quantitative estimate of drug-likeness (QED) is 0.491. The number of nitrogens with one attached hydrogen (secondary N) is 1. The molecule has 0 unspecified atom stereocenters. The molecule has 0 aliphatic rings. The Morgan fingerprint density at radius 3 is 2.67 bits per heavy atom. The third kappa shape index (κ3) is 4.99. The van der Waals surface area contributed by atoms with Crippen molar-refractivity contribution in [2.24, 2.45) is 0 Å². The number of methoxy groups -OCH3 is 1. The van der Waals surface area contributed by atoms with Crippen molar-refractivity contribution in [1.29, 1.82) is 0 Å². The molecule has 0 aromatic carbocycles. The van der Waals surface area contributed by atoms with Crippen molar-refractivity contribution in [3.8, 4) is 0 Å². The Morgan fingerprint density at radius 1 is 1.43 bits per heavy atom. The minimum Gasteiger partial charge on any atom is -0.449 e. The summed E-state index contributed by atoms with van der Waals surface area (Å²) in [6, 6.07) is 1.73. The van der Waals surface area contributed by atoms with E-state index in [-0.39, 0.29) is 10.7 Å². The topological polar surface area (TPSA) is 77.5 Å². The summed E-state index contributed by atoms with van der Waals surface area (Å²) in [5, 5.41) is 2.66. The van der Waals surface area contributed by atoms with Crippen molar-refractivity contribution < 1.29 is 19.1 Å². The average molecular weight is 315 g/mol. The molecule has 6 nitrogen and oxygen atoms in total. The van der Waals surface area contributed by atoms with E-state index in [1.807, 2.05) is 0 Å². The molecular formula is C14H19ClN2O4. The SMILES string of the molecule is COCCNC(=O)[C@H](C)OC(=O)c1c(C)cc(C)nc1Cl. The Morgan fingerprint density at radius 2 is 2.10 bits per heavy atom. The van der Waals surface area contributed by atoms with Gasteiger partial charge in [0.25, 0.3) is 5.91 Å². The van der Waals surface area contributed by atoms with Gasteiger partial charge in [-0.15, -0.1) is 0 Å². The van der Waals surface area contributed by atoms with E-state index in [1.54, 1.807) is 19.9 Å². The van der Waals surface area contributed by atoms with Crippen LogP contribution >= 0.6 is 11.6 Å². The maximum Gasteiger partial charge on any atom is 0.342 e. The van der Waals surface area contributed by atoms with E-state index in [0.717, 1.165) is 0 Å². The van der Waals surface area contributed by atoms with Crippen LogP contribution in [0.25, 0.3) is 0 Å². The molecule has 0 radical (unpaired) electrons. The van der Waals surface area contributed by atoms with Crippen molar-refractivity contribution >= 4 is 23.5 Å². The lowest BCUT2D eigenvalue weighted by Crippen LogP contribution is -2.37. The van der Waals surface area contributed by atoms with E-state index < -0.39 is 18.0 Å². The molecule has 0 aliphatic heterocycles. The molecule has 0 spiro atoms. The molecular weight excluding hydrogens is 296 g/mol. The van der Waals surface area contributed by atoms with Crippen molar-refractivity contribution in [2.75, 3.05) is 20.3 Å². The van der Waals surface area contributed by atoms with Crippen LogP contribution in [-0.4, -0.2) is 43.2 Å². The molecule has 1 amide bonds. The second kappa shape index (κ2) is 7.95. The predicted molar refractivity (Wildman–Crippen MR) is 78.5 cm³/mol. The van der Waals surface area contributed by atoms with Gasteiger partial charge in [0.15, 0.2) is 6.10 Å². The fourth-order valence-corrected chi connectivity index (χ4v) is 2.09. The number of aromatic nitrogens is 1. The molecule has 0 saturated carbocycles. The summed E-state index contributed by atoms with van der Waals surface area (Å²) >= 11 is 5.97. The number of aryl methyl sites for hydroxylation is 2.